The highest BCUT2D eigenvalue weighted by Gasteiger charge is 2.28. The lowest BCUT2D eigenvalue weighted by Crippen LogP contribution is -2.22. The highest BCUT2D eigenvalue weighted by molar-refractivity contribution is 7.79. The van der Waals surface area contributed by atoms with Crippen LogP contribution in [0.3, 0.4) is 0 Å². The molecule has 3 nitrogen and oxygen atoms in total. The van der Waals surface area contributed by atoms with E-state index in [-0.39, 0.29) is 11.3 Å². The van der Waals surface area contributed by atoms with Gasteiger partial charge in [0.15, 0.2) is 6.10 Å². The van der Waals surface area contributed by atoms with E-state index in [0.29, 0.717) is 5.75 Å². The second-order valence-electron chi connectivity index (χ2n) is 5.68. The summed E-state index contributed by atoms with van der Waals surface area (Å²) in [5.41, 5.74) is 1.97. The Bertz CT molecular complexity index is 807. The first-order chi connectivity index (χ1) is 12.8. The van der Waals surface area contributed by atoms with E-state index in [1.54, 1.807) is 7.11 Å². The van der Waals surface area contributed by atoms with E-state index in [1.807, 2.05) is 91.0 Å². The minimum atomic E-state index is -0.431. The summed E-state index contributed by atoms with van der Waals surface area (Å²) >= 11 is 5.33. The Labute approximate surface area is 159 Å². The van der Waals surface area contributed by atoms with Crippen LogP contribution in [-0.2, 0) is 9.47 Å². The standard InChI is InChI=1S/C22H20O3S/c1-23-20(17-11-5-2-6-12-17)21(18-13-7-3-8-14-18)25-22(26)24-19-15-9-4-10-16-19/h2-16,20-21H,1H3. The first-order valence-corrected chi connectivity index (χ1v) is 8.75. The molecule has 0 spiro atoms. The minimum absolute atomic E-state index is 0.0584. The number of rotatable bonds is 6. The van der Waals surface area contributed by atoms with Gasteiger partial charge >= 0.3 is 5.24 Å². The Kier molecular flexibility index (Phi) is 6.36. The minimum Gasteiger partial charge on any atom is -0.445 e. The lowest BCUT2D eigenvalue weighted by atomic mass is 9.98. The topological polar surface area (TPSA) is 27.7 Å². The molecule has 3 aromatic rings. The van der Waals surface area contributed by atoms with Crippen molar-refractivity contribution in [2.45, 2.75) is 12.2 Å². The molecule has 132 valence electrons. The zero-order valence-electron chi connectivity index (χ0n) is 14.4. The van der Waals surface area contributed by atoms with Gasteiger partial charge < -0.3 is 14.2 Å². The van der Waals surface area contributed by atoms with Crippen molar-refractivity contribution in [3.05, 3.63) is 102 Å². The van der Waals surface area contributed by atoms with Gasteiger partial charge in [0.2, 0.25) is 0 Å². The quantitative estimate of drug-likeness (QED) is 0.540. The van der Waals surface area contributed by atoms with Crippen LogP contribution in [0.4, 0.5) is 0 Å². The predicted octanol–water partition coefficient (Wildman–Crippen LogP) is 5.50. The summed E-state index contributed by atoms with van der Waals surface area (Å²) in [5, 5.41) is 0.0584. The third kappa shape index (κ3) is 4.69. The van der Waals surface area contributed by atoms with Gasteiger partial charge in [0.05, 0.1) is 0 Å². The highest BCUT2D eigenvalue weighted by atomic mass is 32.1. The lowest BCUT2D eigenvalue weighted by molar-refractivity contribution is -0.0144. The summed E-state index contributed by atoms with van der Waals surface area (Å²) in [7, 11) is 1.66. The number of para-hydroxylation sites is 1. The maximum Gasteiger partial charge on any atom is 0.358 e. The van der Waals surface area contributed by atoms with Crippen molar-refractivity contribution in [3.8, 4) is 5.75 Å². The van der Waals surface area contributed by atoms with E-state index >= 15 is 0 Å². The molecule has 0 fully saturated rings. The van der Waals surface area contributed by atoms with Crippen LogP contribution < -0.4 is 4.74 Å². The Morgan fingerprint density at radius 3 is 1.65 bits per heavy atom. The second-order valence-corrected chi connectivity index (χ2v) is 6.01. The van der Waals surface area contributed by atoms with E-state index in [1.165, 1.54) is 0 Å². The molecular formula is C22H20O3S. The van der Waals surface area contributed by atoms with Gasteiger partial charge in [-0.2, -0.15) is 0 Å². The summed E-state index contributed by atoms with van der Waals surface area (Å²) in [5.74, 6) is 0.637. The molecule has 0 radical (unpaired) electrons. The average Bonchev–Trinajstić information content (AvgIpc) is 2.70. The van der Waals surface area contributed by atoms with Gasteiger partial charge in [0, 0.05) is 19.3 Å². The summed E-state index contributed by atoms with van der Waals surface area (Å²) in [4.78, 5) is 0. The molecule has 0 saturated heterocycles. The molecule has 3 aromatic carbocycles. The van der Waals surface area contributed by atoms with Crippen molar-refractivity contribution in [1.29, 1.82) is 0 Å². The van der Waals surface area contributed by atoms with Gasteiger partial charge in [-0.25, -0.2) is 0 Å². The molecule has 2 atom stereocenters. The van der Waals surface area contributed by atoms with E-state index in [2.05, 4.69) is 0 Å². The molecular weight excluding hydrogens is 344 g/mol. The molecule has 0 heterocycles. The fourth-order valence-electron chi connectivity index (χ4n) is 2.74. The van der Waals surface area contributed by atoms with Crippen LogP contribution in [0.1, 0.15) is 23.3 Å². The maximum atomic E-state index is 6.03. The van der Waals surface area contributed by atoms with E-state index in [4.69, 9.17) is 26.4 Å². The first-order valence-electron chi connectivity index (χ1n) is 8.34. The SMILES string of the molecule is COC(c1ccccc1)C(OC(=S)Oc1ccccc1)c1ccccc1. The molecule has 0 aliphatic heterocycles. The molecule has 0 amide bonds. The number of hydrogen-bond donors (Lipinski definition) is 0. The van der Waals surface area contributed by atoms with Crippen LogP contribution in [0.5, 0.6) is 5.75 Å². The third-order valence-corrected chi connectivity index (χ3v) is 4.13. The summed E-state index contributed by atoms with van der Waals surface area (Å²) in [6.45, 7) is 0. The number of benzene rings is 3. The predicted molar refractivity (Wildman–Crippen MR) is 106 cm³/mol. The Morgan fingerprint density at radius 1 is 0.692 bits per heavy atom. The molecule has 3 rings (SSSR count). The van der Waals surface area contributed by atoms with Crippen molar-refractivity contribution < 1.29 is 14.2 Å². The molecule has 0 aliphatic rings. The van der Waals surface area contributed by atoms with Crippen LogP contribution >= 0.6 is 12.2 Å². The Balaban J connectivity index is 1.85. The number of methoxy groups -OCH3 is 1. The van der Waals surface area contributed by atoms with Gasteiger partial charge in [0.1, 0.15) is 11.9 Å². The second kappa shape index (κ2) is 9.13. The maximum absolute atomic E-state index is 6.03. The summed E-state index contributed by atoms with van der Waals surface area (Å²) in [6, 6.07) is 29.2. The van der Waals surface area contributed by atoms with E-state index in [0.717, 1.165) is 11.1 Å². The molecule has 0 N–H and O–H groups in total. The van der Waals surface area contributed by atoms with Crippen LogP contribution in [0, 0.1) is 0 Å². The number of ether oxygens (including phenoxy) is 3. The highest BCUT2D eigenvalue weighted by Crippen LogP contribution is 2.35. The van der Waals surface area contributed by atoms with Crippen molar-refractivity contribution in [1.82, 2.24) is 0 Å². The van der Waals surface area contributed by atoms with Gasteiger partial charge in [-0.3, -0.25) is 0 Å². The van der Waals surface area contributed by atoms with Crippen LogP contribution in [-0.4, -0.2) is 12.3 Å². The largest absolute Gasteiger partial charge is 0.445 e. The van der Waals surface area contributed by atoms with Gasteiger partial charge in [-0.15, -0.1) is 0 Å². The monoisotopic (exact) mass is 364 g/mol. The molecule has 0 aliphatic carbocycles. The fourth-order valence-corrected chi connectivity index (χ4v) is 2.94. The zero-order chi connectivity index (χ0) is 18.2. The zero-order valence-corrected chi connectivity index (χ0v) is 15.3. The van der Waals surface area contributed by atoms with Crippen LogP contribution in [0.25, 0.3) is 0 Å². The van der Waals surface area contributed by atoms with E-state index in [9.17, 15) is 0 Å². The number of hydrogen-bond acceptors (Lipinski definition) is 4. The lowest BCUT2D eigenvalue weighted by Gasteiger charge is -2.27. The summed E-state index contributed by atoms with van der Waals surface area (Å²) in [6.07, 6.45) is -0.754. The smallest absolute Gasteiger partial charge is 0.358 e. The van der Waals surface area contributed by atoms with Crippen molar-refractivity contribution in [2.75, 3.05) is 7.11 Å². The fraction of sp³-hybridized carbons (Fsp3) is 0.136. The molecule has 0 aromatic heterocycles. The molecule has 4 heteroatoms. The van der Waals surface area contributed by atoms with E-state index < -0.39 is 6.10 Å². The first kappa shape index (κ1) is 18.1. The van der Waals surface area contributed by atoms with Gasteiger partial charge in [-0.1, -0.05) is 78.9 Å². The van der Waals surface area contributed by atoms with Crippen molar-refractivity contribution >= 4 is 17.5 Å². The molecule has 0 saturated carbocycles. The Hall–Kier alpha value is -2.69. The molecule has 0 bridgehead atoms. The average molecular weight is 364 g/mol. The van der Waals surface area contributed by atoms with Crippen LogP contribution in [0.15, 0.2) is 91.0 Å². The van der Waals surface area contributed by atoms with Crippen molar-refractivity contribution in [2.24, 2.45) is 0 Å². The molecule has 2 unspecified atom stereocenters. The molecule has 26 heavy (non-hydrogen) atoms. The summed E-state index contributed by atoms with van der Waals surface area (Å²) < 4.78 is 17.4. The van der Waals surface area contributed by atoms with Gasteiger partial charge in [-0.05, 0) is 23.3 Å². The normalized spacial score (nSPS) is 12.8. The van der Waals surface area contributed by atoms with Crippen LogP contribution in [0.2, 0.25) is 0 Å². The Morgan fingerprint density at radius 2 is 1.15 bits per heavy atom. The van der Waals surface area contributed by atoms with Crippen molar-refractivity contribution in [3.63, 3.8) is 0 Å². The van der Waals surface area contributed by atoms with Gasteiger partial charge in [0.25, 0.3) is 0 Å². The third-order valence-electron chi connectivity index (χ3n) is 3.95. The number of thiocarbonyl (C=S) groups is 1.